The molecule has 1 N–H and O–H groups in total. The van der Waals surface area contributed by atoms with Crippen LogP contribution in [0.3, 0.4) is 0 Å². The predicted octanol–water partition coefficient (Wildman–Crippen LogP) is 3.52. The van der Waals surface area contributed by atoms with Gasteiger partial charge in [-0.3, -0.25) is 0 Å². The summed E-state index contributed by atoms with van der Waals surface area (Å²) in [4.78, 5) is 11.1. The summed E-state index contributed by atoms with van der Waals surface area (Å²) in [7, 11) is 0. The smallest absolute Gasteiger partial charge is 0.449 e. The quantitative estimate of drug-likeness (QED) is 0.896. The van der Waals surface area contributed by atoms with Gasteiger partial charge in [-0.25, -0.2) is 4.79 Å². The summed E-state index contributed by atoms with van der Waals surface area (Å²) in [5, 5.41) is 2.46. The van der Waals surface area contributed by atoms with Crippen molar-refractivity contribution in [2.75, 3.05) is 6.61 Å². The van der Waals surface area contributed by atoms with E-state index in [0.717, 1.165) is 0 Å². The van der Waals surface area contributed by atoms with Crippen molar-refractivity contribution in [1.29, 1.82) is 0 Å². The maximum atomic E-state index is 12.3. The van der Waals surface area contributed by atoms with E-state index in [9.17, 15) is 18.0 Å². The predicted molar refractivity (Wildman–Crippen MR) is 62.7 cm³/mol. The minimum atomic E-state index is -4.78. The van der Waals surface area contributed by atoms with E-state index in [1.54, 1.807) is 0 Å². The van der Waals surface area contributed by atoms with Crippen LogP contribution in [0.15, 0.2) is 22.7 Å². The van der Waals surface area contributed by atoms with Gasteiger partial charge in [-0.1, -0.05) is 15.9 Å². The van der Waals surface area contributed by atoms with Crippen LogP contribution in [0.4, 0.5) is 18.0 Å². The molecule has 0 unspecified atom stereocenters. The molecule has 1 aliphatic heterocycles. The van der Waals surface area contributed by atoms with Crippen molar-refractivity contribution in [3.8, 4) is 5.75 Å². The van der Waals surface area contributed by atoms with Crippen LogP contribution in [0.25, 0.3) is 0 Å². The second-order valence-corrected chi connectivity index (χ2v) is 4.77. The topological polar surface area (TPSA) is 47.6 Å². The summed E-state index contributed by atoms with van der Waals surface area (Å²) >= 11 is 3.18. The maximum Gasteiger partial charge on any atom is 0.573 e. The highest BCUT2D eigenvalue weighted by Crippen LogP contribution is 2.34. The number of carbonyl (C=O) groups is 1. The number of benzene rings is 1. The largest absolute Gasteiger partial charge is 0.573 e. The van der Waals surface area contributed by atoms with E-state index < -0.39 is 18.5 Å². The number of amides is 1. The molecule has 4 nitrogen and oxygen atoms in total. The van der Waals surface area contributed by atoms with Gasteiger partial charge in [-0.15, -0.1) is 13.2 Å². The van der Waals surface area contributed by atoms with Gasteiger partial charge in [-0.2, -0.15) is 0 Å². The van der Waals surface area contributed by atoms with Crippen LogP contribution in [0.1, 0.15) is 18.0 Å². The number of alkyl halides is 3. The summed E-state index contributed by atoms with van der Waals surface area (Å²) < 4.78 is 46.2. The molecule has 1 atom stereocenters. The summed E-state index contributed by atoms with van der Waals surface area (Å²) in [6, 6.07) is 3.55. The maximum absolute atomic E-state index is 12.3. The lowest BCUT2D eigenvalue weighted by Crippen LogP contribution is -2.35. The molecule has 1 aliphatic rings. The van der Waals surface area contributed by atoms with E-state index in [4.69, 9.17) is 0 Å². The minimum absolute atomic E-state index is 0.147. The first kappa shape index (κ1) is 14.0. The van der Waals surface area contributed by atoms with E-state index >= 15 is 0 Å². The zero-order valence-electron chi connectivity index (χ0n) is 9.46. The Morgan fingerprint density at radius 3 is 2.79 bits per heavy atom. The third kappa shape index (κ3) is 3.76. The van der Waals surface area contributed by atoms with Gasteiger partial charge in [0.05, 0.1) is 12.6 Å². The number of carbonyl (C=O) groups excluding carboxylic acids is 1. The first-order valence-corrected chi connectivity index (χ1v) is 6.13. The van der Waals surface area contributed by atoms with Crippen LogP contribution < -0.4 is 10.1 Å². The monoisotopic (exact) mass is 339 g/mol. The van der Waals surface area contributed by atoms with Crippen LogP contribution in [0.5, 0.6) is 5.75 Å². The number of hydrogen-bond donors (Lipinski definition) is 1. The van der Waals surface area contributed by atoms with Crippen molar-refractivity contribution < 1.29 is 27.4 Å². The van der Waals surface area contributed by atoms with Gasteiger partial charge in [0.15, 0.2) is 0 Å². The number of nitrogens with one attached hydrogen (secondary N) is 1. The Balaban J connectivity index is 2.31. The molecule has 1 saturated heterocycles. The Labute approximate surface area is 115 Å². The van der Waals surface area contributed by atoms with E-state index in [1.807, 2.05) is 0 Å². The van der Waals surface area contributed by atoms with E-state index in [1.165, 1.54) is 18.2 Å². The zero-order chi connectivity index (χ0) is 14.0. The number of halogens is 4. The highest BCUT2D eigenvalue weighted by molar-refractivity contribution is 9.10. The third-order valence-electron chi connectivity index (χ3n) is 2.50. The van der Waals surface area contributed by atoms with Crippen LogP contribution in [0.2, 0.25) is 0 Å². The number of rotatable bonds is 2. The Hall–Kier alpha value is -1.44. The van der Waals surface area contributed by atoms with E-state index in [0.29, 0.717) is 10.9 Å². The van der Waals surface area contributed by atoms with Crippen molar-refractivity contribution in [2.24, 2.45) is 0 Å². The fourth-order valence-electron chi connectivity index (χ4n) is 1.77. The van der Waals surface area contributed by atoms with Gasteiger partial charge < -0.3 is 14.8 Å². The standard InChI is InChI=1S/C11H9BrF3NO3/c12-6-1-2-9(19-11(13,14)15)7(5-6)8-3-4-18-10(17)16-8/h1-2,5,8H,3-4H2,(H,16,17)/t8-/m0/s1. The molecule has 1 amide bonds. The second-order valence-electron chi connectivity index (χ2n) is 3.85. The van der Waals surface area contributed by atoms with Gasteiger partial charge in [0.25, 0.3) is 0 Å². The molecule has 0 aliphatic carbocycles. The number of ether oxygens (including phenoxy) is 2. The minimum Gasteiger partial charge on any atom is -0.449 e. The van der Waals surface area contributed by atoms with Crippen LogP contribution in [0, 0.1) is 0 Å². The van der Waals surface area contributed by atoms with Crippen LogP contribution in [-0.4, -0.2) is 19.1 Å². The van der Waals surface area contributed by atoms with E-state index in [-0.39, 0.29) is 17.9 Å². The highest BCUT2D eigenvalue weighted by atomic mass is 79.9. The molecule has 0 spiro atoms. The molecule has 2 rings (SSSR count). The van der Waals surface area contributed by atoms with Gasteiger partial charge in [0.1, 0.15) is 5.75 Å². The Morgan fingerprint density at radius 2 is 2.16 bits per heavy atom. The fraction of sp³-hybridized carbons (Fsp3) is 0.364. The first-order chi connectivity index (χ1) is 8.85. The lowest BCUT2D eigenvalue weighted by atomic mass is 10.0. The molecule has 0 radical (unpaired) electrons. The summed E-state index contributed by atoms with van der Waals surface area (Å²) in [5.74, 6) is -0.331. The number of alkyl carbamates (subject to hydrolysis) is 1. The van der Waals surface area contributed by atoms with Gasteiger partial charge in [-0.05, 0) is 18.2 Å². The van der Waals surface area contributed by atoms with Crippen molar-refractivity contribution in [1.82, 2.24) is 5.32 Å². The molecule has 0 bridgehead atoms. The molecule has 8 heteroatoms. The molecular weight excluding hydrogens is 331 g/mol. The van der Waals surface area contributed by atoms with E-state index in [2.05, 4.69) is 30.7 Å². The summed E-state index contributed by atoms with van der Waals surface area (Å²) in [6.07, 6.45) is -5.07. The van der Waals surface area contributed by atoms with Crippen molar-refractivity contribution in [2.45, 2.75) is 18.8 Å². The molecule has 104 valence electrons. The number of cyclic esters (lactones) is 1. The molecule has 19 heavy (non-hydrogen) atoms. The number of hydrogen-bond acceptors (Lipinski definition) is 3. The van der Waals surface area contributed by atoms with Crippen LogP contribution in [-0.2, 0) is 4.74 Å². The highest BCUT2D eigenvalue weighted by Gasteiger charge is 2.34. The van der Waals surface area contributed by atoms with Gasteiger partial charge >= 0.3 is 12.5 Å². The fourth-order valence-corrected chi connectivity index (χ4v) is 2.15. The molecule has 1 fully saturated rings. The summed E-state index contributed by atoms with van der Waals surface area (Å²) in [5.41, 5.74) is 0.253. The first-order valence-electron chi connectivity index (χ1n) is 5.33. The lowest BCUT2D eigenvalue weighted by molar-refractivity contribution is -0.275. The molecule has 1 aromatic carbocycles. The Morgan fingerprint density at radius 1 is 1.42 bits per heavy atom. The second kappa shape index (κ2) is 5.28. The Kier molecular flexibility index (Phi) is 3.88. The zero-order valence-corrected chi connectivity index (χ0v) is 11.0. The van der Waals surface area contributed by atoms with Gasteiger partial charge in [0, 0.05) is 16.5 Å². The van der Waals surface area contributed by atoms with Crippen molar-refractivity contribution in [3.05, 3.63) is 28.2 Å². The van der Waals surface area contributed by atoms with Crippen molar-refractivity contribution in [3.63, 3.8) is 0 Å². The molecule has 1 heterocycles. The molecule has 0 aromatic heterocycles. The molecule has 0 saturated carbocycles. The average molecular weight is 340 g/mol. The molecular formula is C11H9BrF3NO3. The summed E-state index contributed by atoms with van der Waals surface area (Å²) in [6.45, 7) is 0.147. The Bertz CT molecular complexity index is 493. The van der Waals surface area contributed by atoms with Crippen molar-refractivity contribution >= 4 is 22.0 Å². The van der Waals surface area contributed by atoms with Gasteiger partial charge in [0.2, 0.25) is 0 Å². The average Bonchev–Trinajstić information content (AvgIpc) is 2.30. The third-order valence-corrected chi connectivity index (χ3v) is 3.00. The molecule has 1 aromatic rings. The lowest BCUT2D eigenvalue weighted by Gasteiger charge is -2.25. The SMILES string of the molecule is O=C1N[C@H](c2cc(Br)ccc2OC(F)(F)F)CCO1. The normalized spacial score (nSPS) is 19.6. The van der Waals surface area contributed by atoms with Crippen LogP contribution >= 0.6 is 15.9 Å².